The van der Waals surface area contributed by atoms with Crippen LogP contribution in [-0.4, -0.2) is 77.9 Å². The number of nitrogens with zero attached hydrogens (tertiary/aromatic N) is 4. The van der Waals surface area contributed by atoms with E-state index >= 15 is 0 Å². The van der Waals surface area contributed by atoms with Crippen molar-refractivity contribution < 1.29 is 9.59 Å². The van der Waals surface area contributed by atoms with Gasteiger partial charge in [-0.1, -0.05) is 18.2 Å². The highest BCUT2D eigenvalue weighted by atomic mass is 16.2. The molecule has 144 valence electrons. The minimum Gasteiger partial charge on any atom is -0.331 e. The number of Topliss-reactive ketones (excluding diaryl/α,β-unsaturated/α-hetero) is 1. The van der Waals surface area contributed by atoms with E-state index in [1.807, 2.05) is 43.0 Å². The third-order valence-corrected chi connectivity index (χ3v) is 5.14. The highest BCUT2D eigenvalue weighted by molar-refractivity contribution is 5.99. The van der Waals surface area contributed by atoms with Crippen LogP contribution in [0, 0.1) is 13.8 Å². The molecule has 1 aromatic carbocycles. The van der Waals surface area contributed by atoms with E-state index in [4.69, 9.17) is 0 Å². The van der Waals surface area contributed by atoms with E-state index in [-0.39, 0.29) is 11.8 Å². The summed E-state index contributed by atoms with van der Waals surface area (Å²) < 4.78 is 2.13. The SMILES string of the molecule is Cc1cc(C(=O)CN2CCN(C(=O)N(C)C)CC2)c(C)n1-c1ccccc1. The summed E-state index contributed by atoms with van der Waals surface area (Å²) in [6.07, 6.45) is 0. The summed E-state index contributed by atoms with van der Waals surface area (Å²) >= 11 is 0. The molecule has 1 aliphatic heterocycles. The Labute approximate surface area is 161 Å². The number of aromatic nitrogens is 1. The van der Waals surface area contributed by atoms with Gasteiger partial charge >= 0.3 is 6.03 Å². The van der Waals surface area contributed by atoms with E-state index in [1.165, 1.54) is 0 Å². The Morgan fingerprint density at radius 2 is 1.63 bits per heavy atom. The lowest BCUT2D eigenvalue weighted by atomic mass is 10.1. The Morgan fingerprint density at radius 3 is 2.22 bits per heavy atom. The molecule has 2 heterocycles. The third-order valence-electron chi connectivity index (χ3n) is 5.14. The second kappa shape index (κ2) is 7.96. The van der Waals surface area contributed by atoms with Gasteiger partial charge in [-0.2, -0.15) is 0 Å². The van der Waals surface area contributed by atoms with Crippen LogP contribution in [0.4, 0.5) is 4.79 Å². The number of aryl methyl sites for hydroxylation is 1. The van der Waals surface area contributed by atoms with Crippen molar-refractivity contribution in [3.05, 3.63) is 53.3 Å². The van der Waals surface area contributed by atoms with Gasteiger partial charge in [0.2, 0.25) is 0 Å². The molecule has 0 spiro atoms. The first kappa shape index (κ1) is 19.2. The van der Waals surface area contributed by atoms with Gasteiger partial charge < -0.3 is 14.4 Å². The number of urea groups is 1. The van der Waals surface area contributed by atoms with E-state index in [1.54, 1.807) is 19.0 Å². The fraction of sp³-hybridized carbons (Fsp3) is 0.429. The number of amides is 2. The quantitative estimate of drug-likeness (QED) is 0.780. The lowest BCUT2D eigenvalue weighted by molar-refractivity contribution is 0.0863. The Kier molecular flexibility index (Phi) is 5.65. The zero-order valence-corrected chi connectivity index (χ0v) is 16.6. The second-order valence-corrected chi connectivity index (χ2v) is 7.32. The number of rotatable bonds is 4. The molecule has 0 N–H and O–H groups in total. The molecule has 0 radical (unpaired) electrons. The van der Waals surface area contributed by atoms with Gasteiger partial charge in [-0.25, -0.2) is 4.79 Å². The molecule has 0 unspecified atom stereocenters. The molecule has 3 rings (SSSR count). The van der Waals surface area contributed by atoms with Crippen LogP contribution in [0.1, 0.15) is 21.7 Å². The molecule has 0 atom stereocenters. The van der Waals surface area contributed by atoms with Crippen molar-refractivity contribution in [1.82, 2.24) is 19.3 Å². The van der Waals surface area contributed by atoms with E-state index in [0.717, 1.165) is 35.7 Å². The molecule has 1 saturated heterocycles. The van der Waals surface area contributed by atoms with Gasteiger partial charge in [-0.15, -0.1) is 0 Å². The first-order chi connectivity index (χ1) is 12.9. The first-order valence-corrected chi connectivity index (χ1v) is 9.34. The molecule has 0 bridgehead atoms. The number of piperazine rings is 1. The number of hydrogen-bond acceptors (Lipinski definition) is 3. The molecule has 2 amide bonds. The van der Waals surface area contributed by atoms with Crippen molar-refractivity contribution in [3.63, 3.8) is 0 Å². The fourth-order valence-corrected chi connectivity index (χ4v) is 3.69. The van der Waals surface area contributed by atoms with Crippen LogP contribution < -0.4 is 0 Å². The van der Waals surface area contributed by atoms with Gasteiger partial charge in [0, 0.05) is 62.9 Å². The van der Waals surface area contributed by atoms with Crippen molar-refractivity contribution >= 4 is 11.8 Å². The Bertz CT molecular complexity index is 818. The van der Waals surface area contributed by atoms with Crippen LogP contribution in [0.2, 0.25) is 0 Å². The van der Waals surface area contributed by atoms with E-state index in [0.29, 0.717) is 19.6 Å². The normalized spacial score (nSPS) is 15.0. The molecular formula is C21H28N4O2. The molecule has 1 aromatic heterocycles. The van der Waals surface area contributed by atoms with Gasteiger partial charge in [0.1, 0.15) is 0 Å². The second-order valence-electron chi connectivity index (χ2n) is 7.32. The summed E-state index contributed by atoms with van der Waals surface area (Å²) in [7, 11) is 3.53. The third kappa shape index (κ3) is 4.06. The van der Waals surface area contributed by atoms with Gasteiger partial charge in [-0.05, 0) is 32.0 Å². The average Bonchev–Trinajstić information content (AvgIpc) is 2.96. The Morgan fingerprint density at radius 1 is 1.00 bits per heavy atom. The number of hydrogen-bond donors (Lipinski definition) is 0. The van der Waals surface area contributed by atoms with Crippen LogP contribution in [0.15, 0.2) is 36.4 Å². The summed E-state index contributed by atoms with van der Waals surface area (Å²) in [6, 6.07) is 12.1. The standard InChI is InChI=1S/C21H28N4O2/c1-16-14-19(17(2)25(16)18-8-6-5-7-9-18)20(26)15-23-10-12-24(13-11-23)21(27)22(3)4/h5-9,14H,10-13,15H2,1-4H3. The predicted octanol–water partition coefficient (Wildman–Crippen LogP) is 2.58. The molecule has 1 aliphatic rings. The maximum Gasteiger partial charge on any atom is 0.319 e. The molecule has 0 saturated carbocycles. The fourth-order valence-electron chi connectivity index (χ4n) is 3.69. The lowest BCUT2D eigenvalue weighted by Gasteiger charge is -2.35. The number of carbonyl (C=O) groups excluding carboxylic acids is 2. The highest BCUT2D eigenvalue weighted by Crippen LogP contribution is 2.21. The summed E-state index contributed by atoms with van der Waals surface area (Å²) in [5.41, 5.74) is 3.89. The van der Waals surface area contributed by atoms with Crippen molar-refractivity contribution in [1.29, 1.82) is 0 Å². The molecule has 1 fully saturated rings. The van der Waals surface area contributed by atoms with Gasteiger partial charge in [0.15, 0.2) is 5.78 Å². The van der Waals surface area contributed by atoms with E-state index < -0.39 is 0 Å². The molecule has 27 heavy (non-hydrogen) atoms. The zero-order valence-electron chi connectivity index (χ0n) is 16.6. The summed E-state index contributed by atoms with van der Waals surface area (Å²) in [5.74, 6) is 0.137. The Balaban J connectivity index is 1.67. The van der Waals surface area contributed by atoms with Crippen LogP contribution in [0.3, 0.4) is 0 Å². The van der Waals surface area contributed by atoms with Crippen molar-refractivity contribution in [3.8, 4) is 5.69 Å². The van der Waals surface area contributed by atoms with Crippen LogP contribution >= 0.6 is 0 Å². The molecule has 2 aromatic rings. The van der Waals surface area contributed by atoms with Gasteiger partial charge in [0.25, 0.3) is 0 Å². The predicted molar refractivity (Wildman–Crippen MR) is 107 cm³/mol. The van der Waals surface area contributed by atoms with Gasteiger partial charge in [0.05, 0.1) is 6.54 Å². The number of carbonyl (C=O) groups is 2. The minimum atomic E-state index is 0.0346. The largest absolute Gasteiger partial charge is 0.331 e. The first-order valence-electron chi connectivity index (χ1n) is 9.34. The summed E-state index contributed by atoms with van der Waals surface area (Å²) in [5, 5.41) is 0. The smallest absolute Gasteiger partial charge is 0.319 e. The minimum absolute atomic E-state index is 0.0346. The number of para-hydroxylation sites is 1. The summed E-state index contributed by atoms with van der Waals surface area (Å²) in [6.45, 7) is 7.19. The highest BCUT2D eigenvalue weighted by Gasteiger charge is 2.25. The van der Waals surface area contributed by atoms with Gasteiger partial charge in [-0.3, -0.25) is 9.69 Å². The maximum absolute atomic E-state index is 12.9. The number of benzene rings is 1. The van der Waals surface area contributed by atoms with E-state index in [2.05, 4.69) is 21.6 Å². The van der Waals surface area contributed by atoms with Crippen LogP contribution in [0.5, 0.6) is 0 Å². The maximum atomic E-state index is 12.9. The molecule has 6 nitrogen and oxygen atoms in total. The zero-order chi connectivity index (χ0) is 19.6. The average molecular weight is 368 g/mol. The number of ketones is 1. The van der Waals surface area contributed by atoms with Crippen LogP contribution in [-0.2, 0) is 0 Å². The topological polar surface area (TPSA) is 48.8 Å². The van der Waals surface area contributed by atoms with E-state index in [9.17, 15) is 9.59 Å². The monoisotopic (exact) mass is 368 g/mol. The molecule has 6 heteroatoms. The van der Waals surface area contributed by atoms with Crippen molar-refractivity contribution in [2.75, 3.05) is 46.8 Å². The molecular weight excluding hydrogens is 340 g/mol. The molecule has 0 aliphatic carbocycles. The van der Waals surface area contributed by atoms with Crippen molar-refractivity contribution in [2.45, 2.75) is 13.8 Å². The summed E-state index contributed by atoms with van der Waals surface area (Å²) in [4.78, 5) is 30.5. The Hall–Kier alpha value is -2.60. The lowest BCUT2D eigenvalue weighted by Crippen LogP contribution is -2.52. The van der Waals surface area contributed by atoms with Crippen LogP contribution in [0.25, 0.3) is 5.69 Å². The van der Waals surface area contributed by atoms with Crippen molar-refractivity contribution in [2.24, 2.45) is 0 Å².